The van der Waals surface area contributed by atoms with Crippen LogP contribution in [0.5, 0.6) is 5.75 Å². The molecule has 0 aliphatic carbocycles. The summed E-state index contributed by atoms with van der Waals surface area (Å²) in [6.07, 6.45) is 3.64. The minimum absolute atomic E-state index is 0.0518. The molecule has 158 valence electrons. The van der Waals surface area contributed by atoms with Crippen molar-refractivity contribution < 1.29 is 14.3 Å². The Hall–Kier alpha value is -2.86. The summed E-state index contributed by atoms with van der Waals surface area (Å²) in [6.45, 7) is 2.84. The molecular weight excluding hydrogens is 378 g/mol. The van der Waals surface area contributed by atoms with Crippen molar-refractivity contribution in [2.45, 2.75) is 44.4 Å². The lowest BCUT2D eigenvalue weighted by Crippen LogP contribution is -2.51. The fraction of sp³-hybridized carbons (Fsp3) is 0.417. The van der Waals surface area contributed by atoms with Gasteiger partial charge in [0.15, 0.2) is 0 Å². The molecule has 0 aromatic heterocycles. The van der Waals surface area contributed by atoms with Gasteiger partial charge >= 0.3 is 0 Å². The fourth-order valence-corrected chi connectivity index (χ4v) is 4.55. The van der Waals surface area contributed by atoms with Gasteiger partial charge in [0.2, 0.25) is 5.91 Å². The van der Waals surface area contributed by atoms with Crippen LogP contribution in [0.2, 0.25) is 0 Å². The molecule has 6 heteroatoms. The van der Waals surface area contributed by atoms with E-state index in [-0.39, 0.29) is 17.9 Å². The molecule has 2 aliphatic heterocycles. The third-order valence-corrected chi connectivity index (χ3v) is 6.19. The van der Waals surface area contributed by atoms with Crippen molar-refractivity contribution in [1.29, 1.82) is 0 Å². The van der Waals surface area contributed by atoms with Crippen LogP contribution < -0.4 is 10.5 Å². The molecule has 0 saturated carbocycles. The second-order valence-electron chi connectivity index (χ2n) is 8.12. The molecule has 4 rings (SSSR count). The quantitative estimate of drug-likeness (QED) is 0.799. The highest BCUT2D eigenvalue weighted by Crippen LogP contribution is 2.26. The Morgan fingerprint density at radius 2 is 1.63 bits per heavy atom. The lowest BCUT2D eigenvalue weighted by Gasteiger charge is -2.38. The number of ether oxygens (including phenoxy) is 1. The molecule has 30 heavy (non-hydrogen) atoms. The number of nitrogens with zero attached hydrogens (tertiary/aromatic N) is 2. The summed E-state index contributed by atoms with van der Waals surface area (Å²) in [5.41, 5.74) is 7.34. The average molecular weight is 408 g/mol. The van der Waals surface area contributed by atoms with Gasteiger partial charge in [0.1, 0.15) is 12.4 Å². The van der Waals surface area contributed by atoms with Crippen LogP contribution in [0.1, 0.15) is 41.6 Å². The first-order valence-corrected chi connectivity index (χ1v) is 10.7. The molecule has 2 amide bonds. The zero-order valence-corrected chi connectivity index (χ0v) is 17.2. The van der Waals surface area contributed by atoms with Crippen molar-refractivity contribution in [2.75, 3.05) is 19.6 Å². The summed E-state index contributed by atoms with van der Waals surface area (Å²) in [5, 5.41) is 0. The zero-order chi connectivity index (χ0) is 20.9. The van der Waals surface area contributed by atoms with Gasteiger partial charge in [-0.25, -0.2) is 0 Å². The lowest BCUT2D eigenvalue weighted by atomic mass is 10.0. The van der Waals surface area contributed by atoms with Crippen LogP contribution in [0.4, 0.5) is 0 Å². The predicted octanol–water partition coefficient (Wildman–Crippen LogP) is 2.82. The van der Waals surface area contributed by atoms with Crippen LogP contribution in [0.15, 0.2) is 54.6 Å². The molecule has 0 bridgehead atoms. The van der Waals surface area contributed by atoms with E-state index < -0.39 is 0 Å². The van der Waals surface area contributed by atoms with Gasteiger partial charge in [0.25, 0.3) is 5.91 Å². The Morgan fingerprint density at radius 3 is 2.30 bits per heavy atom. The summed E-state index contributed by atoms with van der Waals surface area (Å²) < 4.78 is 5.80. The zero-order valence-electron chi connectivity index (χ0n) is 17.2. The number of piperidine rings is 1. The molecule has 2 aliphatic rings. The number of carbonyl (C=O) groups is 2. The van der Waals surface area contributed by atoms with Crippen molar-refractivity contribution in [3.05, 3.63) is 65.7 Å². The lowest BCUT2D eigenvalue weighted by molar-refractivity contribution is -0.123. The van der Waals surface area contributed by atoms with Crippen LogP contribution >= 0.6 is 0 Å². The Balaban J connectivity index is 1.29. The van der Waals surface area contributed by atoms with E-state index in [9.17, 15) is 9.59 Å². The number of amides is 2. The van der Waals surface area contributed by atoms with Gasteiger partial charge in [-0.2, -0.15) is 0 Å². The van der Waals surface area contributed by atoms with Crippen LogP contribution in [0.3, 0.4) is 0 Å². The van der Waals surface area contributed by atoms with E-state index in [2.05, 4.69) is 4.90 Å². The van der Waals surface area contributed by atoms with Crippen LogP contribution in [0, 0.1) is 0 Å². The van der Waals surface area contributed by atoms with Crippen molar-refractivity contribution in [1.82, 2.24) is 9.80 Å². The van der Waals surface area contributed by atoms with Crippen LogP contribution in [0.25, 0.3) is 0 Å². The number of likely N-dealkylation sites (tertiary alicyclic amines) is 2. The molecule has 0 spiro atoms. The molecule has 2 aromatic carbocycles. The second-order valence-corrected chi connectivity index (χ2v) is 8.12. The largest absolute Gasteiger partial charge is 0.489 e. The molecule has 1 atom stereocenters. The summed E-state index contributed by atoms with van der Waals surface area (Å²) in [7, 11) is 0. The SMILES string of the molecule is NC(=O)C1CCCN1C1CCN(C(=O)c2ccc(OCc3ccccc3)cc2)CC1. The molecule has 2 heterocycles. The molecule has 2 saturated heterocycles. The maximum Gasteiger partial charge on any atom is 0.253 e. The predicted molar refractivity (Wildman–Crippen MR) is 115 cm³/mol. The smallest absolute Gasteiger partial charge is 0.253 e. The third-order valence-electron chi connectivity index (χ3n) is 6.19. The standard InChI is InChI=1S/C24H29N3O3/c25-23(28)22-7-4-14-27(22)20-12-15-26(16-13-20)24(29)19-8-10-21(11-9-19)30-17-18-5-2-1-3-6-18/h1-3,5-6,8-11,20,22H,4,7,12-17H2,(H2,25,28). The minimum atomic E-state index is -0.222. The van der Waals surface area contributed by atoms with Crippen molar-refractivity contribution in [2.24, 2.45) is 5.73 Å². The highest BCUT2D eigenvalue weighted by molar-refractivity contribution is 5.94. The Kier molecular flexibility index (Phi) is 6.33. The number of rotatable bonds is 6. The molecule has 1 unspecified atom stereocenters. The van der Waals surface area contributed by atoms with E-state index in [1.807, 2.05) is 59.5 Å². The molecule has 2 fully saturated rings. The summed E-state index contributed by atoms with van der Waals surface area (Å²) >= 11 is 0. The fourth-order valence-electron chi connectivity index (χ4n) is 4.55. The monoisotopic (exact) mass is 407 g/mol. The number of primary amides is 1. The molecule has 0 radical (unpaired) electrons. The highest BCUT2D eigenvalue weighted by Gasteiger charge is 2.36. The van der Waals surface area contributed by atoms with Crippen LogP contribution in [-0.2, 0) is 11.4 Å². The van der Waals surface area contributed by atoms with Gasteiger partial charge in [-0.1, -0.05) is 30.3 Å². The topological polar surface area (TPSA) is 75.9 Å². The number of benzene rings is 2. The number of hydrogen-bond acceptors (Lipinski definition) is 4. The van der Waals surface area contributed by atoms with E-state index in [4.69, 9.17) is 10.5 Å². The third kappa shape index (κ3) is 4.65. The van der Waals surface area contributed by atoms with Gasteiger partial charge in [0, 0.05) is 24.7 Å². The molecule has 2 N–H and O–H groups in total. The number of carbonyl (C=O) groups excluding carboxylic acids is 2. The van der Waals surface area contributed by atoms with Crippen molar-refractivity contribution in [3.63, 3.8) is 0 Å². The Labute approximate surface area is 177 Å². The maximum absolute atomic E-state index is 12.9. The van der Waals surface area contributed by atoms with Crippen molar-refractivity contribution >= 4 is 11.8 Å². The summed E-state index contributed by atoms with van der Waals surface area (Å²) in [4.78, 5) is 28.7. The van der Waals surface area contributed by atoms with E-state index in [1.54, 1.807) is 0 Å². The number of nitrogens with two attached hydrogens (primary N) is 1. The Bertz CT molecular complexity index is 861. The maximum atomic E-state index is 12.9. The minimum Gasteiger partial charge on any atom is -0.489 e. The normalized spacial score (nSPS) is 20.3. The first kappa shape index (κ1) is 20.4. The second kappa shape index (κ2) is 9.30. The average Bonchev–Trinajstić information content (AvgIpc) is 3.29. The summed E-state index contributed by atoms with van der Waals surface area (Å²) in [6, 6.07) is 17.6. The highest BCUT2D eigenvalue weighted by atomic mass is 16.5. The first-order chi connectivity index (χ1) is 14.6. The van der Waals surface area contributed by atoms with Gasteiger partial charge in [-0.15, -0.1) is 0 Å². The summed E-state index contributed by atoms with van der Waals surface area (Å²) in [5.74, 6) is 0.581. The van der Waals surface area contributed by atoms with E-state index >= 15 is 0 Å². The Morgan fingerprint density at radius 1 is 0.933 bits per heavy atom. The van der Waals surface area contributed by atoms with E-state index in [0.717, 1.165) is 43.5 Å². The van der Waals surface area contributed by atoms with Gasteiger partial charge in [-0.3, -0.25) is 14.5 Å². The van der Waals surface area contributed by atoms with Gasteiger partial charge in [-0.05, 0) is 62.1 Å². The number of hydrogen-bond donors (Lipinski definition) is 1. The van der Waals surface area contributed by atoms with E-state index in [1.165, 1.54) is 0 Å². The van der Waals surface area contributed by atoms with Crippen LogP contribution in [-0.4, -0.2) is 53.3 Å². The van der Waals surface area contributed by atoms with Crippen molar-refractivity contribution in [3.8, 4) is 5.75 Å². The molecule has 6 nitrogen and oxygen atoms in total. The van der Waals surface area contributed by atoms with Gasteiger partial charge in [0.05, 0.1) is 6.04 Å². The molecular formula is C24H29N3O3. The molecule has 2 aromatic rings. The van der Waals surface area contributed by atoms with E-state index in [0.29, 0.717) is 31.3 Å². The van der Waals surface area contributed by atoms with Gasteiger partial charge < -0.3 is 15.4 Å². The first-order valence-electron chi connectivity index (χ1n) is 10.7.